The molecule has 0 radical (unpaired) electrons. The van der Waals surface area contributed by atoms with Crippen molar-refractivity contribution in [3.8, 4) is 6.07 Å². The van der Waals surface area contributed by atoms with Crippen LogP contribution in [0.2, 0.25) is 0 Å². The Balaban J connectivity index is 1.33. The van der Waals surface area contributed by atoms with Gasteiger partial charge in [-0.15, -0.1) is 0 Å². The predicted molar refractivity (Wildman–Crippen MR) is 124 cm³/mol. The summed E-state index contributed by atoms with van der Waals surface area (Å²) in [5, 5.41) is 8.92. The summed E-state index contributed by atoms with van der Waals surface area (Å²) in [6, 6.07) is 10.3. The number of nitrogens with zero attached hydrogens (tertiary/aromatic N) is 1. The van der Waals surface area contributed by atoms with Crippen LogP contribution in [0.5, 0.6) is 0 Å². The number of hydrogen-bond donors (Lipinski definition) is 0. The van der Waals surface area contributed by atoms with Gasteiger partial charge < -0.3 is 0 Å². The zero-order valence-corrected chi connectivity index (χ0v) is 18.7. The Morgan fingerprint density at radius 3 is 2.28 bits per heavy atom. The molecule has 1 heteroatoms. The molecule has 1 unspecified atom stereocenters. The number of unbranched alkanes of at least 4 members (excludes halogenated alkanes) is 4. The highest BCUT2D eigenvalue weighted by Gasteiger charge is 2.28. The molecular formula is C28H41N. The second-order valence-electron chi connectivity index (χ2n) is 9.69. The number of nitriles is 1. The van der Waals surface area contributed by atoms with E-state index in [0.29, 0.717) is 0 Å². The fourth-order valence-corrected chi connectivity index (χ4v) is 5.60. The minimum Gasteiger partial charge on any atom is -0.192 e. The van der Waals surface area contributed by atoms with Crippen LogP contribution in [-0.4, -0.2) is 0 Å². The maximum absolute atomic E-state index is 8.92. The van der Waals surface area contributed by atoms with Crippen LogP contribution >= 0.6 is 0 Å². The lowest BCUT2D eigenvalue weighted by molar-refractivity contribution is 0.185. The summed E-state index contributed by atoms with van der Waals surface area (Å²) in [5.74, 6) is 3.00. The SMILES string of the molecule is CCCCCCC[C@H]1CC[C@H](C2CC=C(CCc3ccc(C#N)cc3)CC2)CC1. The molecule has 2 aliphatic rings. The maximum Gasteiger partial charge on any atom is 0.0991 e. The molecule has 0 heterocycles. The van der Waals surface area contributed by atoms with E-state index < -0.39 is 0 Å². The van der Waals surface area contributed by atoms with E-state index in [9.17, 15) is 0 Å². The van der Waals surface area contributed by atoms with Gasteiger partial charge in [-0.05, 0) is 80.4 Å². The van der Waals surface area contributed by atoms with Crippen molar-refractivity contribution in [2.75, 3.05) is 0 Å². The first-order valence-corrected chi connectivity index (χ1v) is 12.5. The highest BCUT2D eigenvalue weighted by Crippen LogP contribution is 2.41. The summed E-state index contributed by atoms with van der Waals surface area (Å²) < 4.78 is 0. The molecule has 1 aromatic carbocycles. The van der Waals surface area contributed by atoms with Crippen LogP contribution in [-0.2, 0) is 6.42 Å². The minimum absolute atomic E-state index is 0.764. The van der Waals surface area contributed by atoms with E-state index in [0.717, 1.165) is 29.7 Å². The highest BCUT2D eigenvalue weighted by molar-refractivity contribution is 5.32. The third-order valence-electron chi connectivity index (χ3n) is 7.64. The first kappa shape index (κ1) is 22.1. The first-order valence-electron chi connectivity index (χ1n) is 12.5. The molecule has 1 nitrogen and oxygen atoms in total. The average molecular weight is 392 g/mol. The van der Waals surface area contributed by atoms with Gasteiger partial charge in [0.05, 0.1) is 11.6 Å². The number of rotatable bonds is 10. The lowest BCUT2D eigenvalue weighted by Crippen LogP contribution is -2.23. The van der Waals surface area contributed by atoms with Crippen LogP contribution in [0.3, 0.4) is 0 Å². The highest BCUT2D eigenvalue weighted by atomic mass is 14.3. The van der Waals surface area contributed by atoms with Gasteiger partial charge in [-0.2, -0.15) is 5.26 Å². The van der Waals surface area contributed by atoms with Gasteiger partial charge in [0.25, 0.3) is 0 Å². The molecule has 1 atom stereocenters. The van der Waals surface area contributed by atoms with Crippen molar-refractivity contribution in [1.82, 2.24) is 0 Å². The Morgan fingerprint density at radius 1 is 0.862 bits per heavy atom. The summed E-state index contributed by atoms with van der Waals surface area (Å²) in [5.41, 5.74) is 3.80. The Kier molecular flexibility index (Phi) is 9.33. The molecule has 1 saturated carbocycles. The van der Waals surface area contributed by atoms with E-state index in [-0.39, 0.29) is 0 Å². The molecule has 29 heavy (non-hydrogen) atoms. The van der Waals surface area contributed by atoms with Crippen LogP contribution < -0.4 is 0 Å². The Bertz CT molecular complexity index is 655. The molecule has 0 aliphatic heterocycles. The van der Waals surface area contributed by atoms with Crippen molar-refractivity contribution in [2.24, 2.45) is 17.8 Å². The smallest absolute Gasteiger partial charge is 0.0991 e. The molecule has 2 aliphatic carbocycles. The fourth-order valence-electron chi connectivity index (χ4n) is 5.60. The zero-order valence-electron chi connectivity index (χ0n) is 18.7. The largest absolute Gasteiger partial charge is 0.192 e. The molecular weight excluding hydrogens is 350 g/mol. The fraction of sp³-hybridized carbons (Fsp3) is 0.679. The van der Waals surface area contributed by atoms with Gasteiger partial charge in [0.2, 0.25) is 0 Å². The molecule has 3 rings (SSSR count). The lowest BCUT2D eigenvalue weighted by Gasteiger charge is -2.35. The van der Waals surface area contributed by atoms with E-state index in [2.05, 4.69) is 31.2 Å². The summed E-state index contributed by atoms with van der Waals surface area (Å²) in [7, 11) is 0. The molecule has 0 N–H and O–H groups in total. The Hall–Kier alpha value is -1.55. The number of hydrogen-bond acceptors (Lipinski definition) is 1. The van der Waals surface area contributed by atoms with E-state index in [1.165, 1.54) is 95.5 Å². The third kappa shape index (κ3) is 7.33. The van der Waals surface area contributed by atoms with Crippen molar-refractivity contribution in [3.05, 3.63) is 47.0 Å². The number of benzene rings is 1. The maximum atomic E-state index is 8.92. The van der Waals surface area contributed by atoms with Gasteiger partial charge in [-0.25, -0.2) is 0 Å². The summed E-state index contributed by atoms with van der Waals surface area (Å²) in [6.45, 7) is 2.31. The number of aryl methyl sites for hydroxylation is 1. The normalized spacial score (nSPS) is 24.7. The molecule has 1 fully saturated rings. The topological polar surface area (TPSA) is 23.8 Å². The van der Waals surface area contributed by atoms with Gasteiger partial charge >= 0.3 is 0 Å². The van der Waals surface area contributed by atoms with Crippen LogP contribution in [0.15, 0.2) is 35.9 Å². The van der Waals surface area contributed by atoms with Gasteiger partial charge in [-0.3, -0.25) is 0 Å². The molecule has 158 valence electrons. The predicted octanol–water partition coefficient (Wildman–Crippen LogP) is 8.38. The van der Waals surface area contributed by atoms with Crippen LogP contribution in [0, 0.1) is 29.1 Å². The van der Waals surface area contributed by atoms with E-state index in [1.54, 1.807) is 5.57 Å². The minimum atomic E-state index is 0.764. The van der Waals surface area contributed by atoms with Gasteiger partial charge in [0.1, 0.15) is 0 Å². The summed E-state index contributed by atoms with van der Waals surface area (Å²) in [4.78, 5) is 0. The average Bonchev–Trinajstić information content (AvgIpc) is 2.79. The van der Waals surface area contributed by atoms with Gasteiger partial charge in [-0.1, -0.05) is 82.1 Å². The molecule has 0 amide bonds. The third-order valence-corrected chi connectivity index (χ3v) is 7.64. The lowest BCUT2D eigenvalue weighted by atomic mass is 9.70. The first-order chi connectivity index (χ1) is 14.3. The molecule has 0 spiro atoms. The monoisotopic (exact) mass is 391 g/mol. The van der Waals surface area contributed by atoms with E-state index in [1.807, 2.05) is 12.1 Å². The molecule has 1 aromatic rings. The Labute approximate surface area is 179 Å². The molecule has 0 bridgehead atoms. The van der Waals surface area contributed by atoms with E-state index in [4.69, 9.17) is 5.26 Å². The summed E-state index contributed by atoms with van der Waals surface area (Å²) >= 11 is 0. The van der Waals surface area contributed by atoms with Crippen molar-refractivity contribution in [2.45, 2.75) is 103 Å². The van der Waals surface area contributed by atoms with Gasteiger partial charge in [0.15, 0.2) is 0 Å². The van der Waals surface area contributed by atoms with Crippen molar-refractivity contribution in [3.63, 3.8) is 0 Å². The standard InChI is InChI=1S/C28H41N/c1-2-3-4-5-6-7-23-14-18-27(19-15-23)28-20-16-25(17-21-28)9-8-24-10-12-26(22-29)13-11-24/h10-13,16,23,27-28H,2-9,14-15,17-21H2,1H3/t23-,27-,28?. The van der Waals surface area contributed by atoms with Gasteiger partial charge in [0, 0.05) is 0 Å². The van der Waals surface area contributed by atoms with Crippen LogP contribution in [0.4, 0.5) is 0 Å². The second kappa shape index (κ2) is 12.2. The number of allylic oxidation sites excluding steroid dienone is 2. The Morgan fingerprint density at radius 2 is 1.62 bits per heavy atom. The van der Waals surface area contributed by atoms with Crippen LogP contribution in [0.25, 0.3) is 0 Å². The van der Waals surface area contributed by atoms with Crippen molar-refractivity contribution < 1.29 is 0 Å². The van der Waals surface area contributed by atoms with Crippen molar-refractivity contribution in [1.29, 1.82) is 5.26 Å². The van der Waals surface area contributed by atoms with E-state index >= 15 is 0 Å². The molecule has 0 saturated heterocycles. The quantitative estimate of drug-likeness (QED) is 0.290. The van der Waals surface area contributed by atoms with Crippen LogP contribution in [0.1, 0.15) is 108 Å². The second-order valence-corrected chi connectivity index (χ2v) is 9.69. The zero-order chi connectivity index (χ0) is 20.3. The van der Waals surface area contributed by atoms with Crippen molar-refractivity contribution >= 4 is 0 Å². The molecule has 0 aromatic heterocycles. The summed E-state index contributed by atoms with van der Waals surface area (Å²) in [6.07, 6.45) is 23.7.